The van der Waals surface area contributed by atoms with Crippen LogP contribution in [0.5, 0.6) is 0 Å². The number of unbranched alkanes of at least 4 members (excludes halogenated alkanes) is 4. The smallest absolute Gasteiger partial charge is 0.0223 e. The van der Waals surface area contributed by atoms with Gasteiger partial charge in [-0.1, -0.05) is 26.2 Å². The topological polar surface area (TPSA) is 3.24 Å². The van der Waals surface area contributed by atoms with Gasteiger partial charge in [-0.15, -0.1) is 11.6 Å². The minimum Gasteiger partial charge on any atom is -0.306 e. The Morgan fingerprint density at radius 2 is 1.54 bits per heavy atom. The first kappa shape index (κ1) is 13.2. The average Bonchev–Trinajstić information content (AvgIpc) is 2.14. The van der Waals surface area contributed by atoms with Crippen molar-refractivity contribution in [3.05, 3.63) is 0 Å². The predicted octanol–water partition coefficient (Wildman–Crippen LogP) is 3.52. The Bertz CT molecular complexity index is 96.1. The van der Waals surface area contributed by atoms with Gasteiger partial charge >= 0.3 is 0 Å². The van der Waals surface area contributed by atoms with E-state index in [1.165, 1.54) is 51.6 Å². The van der Waals surface area contributed by atoms with Crippen LogP contribution < -0.4 is 0 Å². The maximum absolute atomic E-state index is 5.60. The summed E-state index contributed by atoms with van der Waals surface area (Å²) >= 11 is 5.60. The molecular weight excluding hydrogens is 182 g/mol. The number of hydrogen-bond donors (Lipinski definition) is 0. The van der Waals surface area contributed by atoms with Crippen LogP contribution in [-0.4, -0.2) is 30.9 Å². The summed E-state index contributed by atoms with van der Waals surface area (Å²) in [7, 11) is 2.22. The van der Waals surface area contributed by atoms with Crippen LogP contribution in [0.25, 0.3) is 0 Å². The van der Waals surface area contributed by atoms with E-state index in [-0.39, 0.29) is 0 Å². The van der Waals surface area contributed by atoms with E-state index in [0.29, 0.717) is 0 Å². The highest BCUT2D eigenvalue weighted by Crippen LogP contribution is 2.02. The fourth-order valence-electron chi connectivity index (χ4n) is 1.37. The number of nitrogens with zero attached hydrogens (tertiary/aromatic N) is 1. The number of alkyl halides is 1. The van der Waals surface area contributed by atoms with Gasteiger partial charge in [0, 0.05) is 5.88 Å². The number of halogens is 1. The van der Waals surface area contributed by atoms with Crippen LogP contribution in [0.4, 0.5) is 0 Å². The lowest BCUT2D eigenvalue weighted by Crippen LogP contribution is -2.20. The highest BCUT2D eigenvalue weighted by Gasteiger charge is 1.96. The summed E-state index contributed by atoms with van der Waals surface area (Å²) in [6, 6.07) is 0. The van der Waals surface area contributed by atoms with Gasteiger partial charge in [-0.3, -0.25) is 0 Å². The van der Waals surface area contributed by atoms with Crippen LogP contribution in [-0.2, 0) is 0 Å². The summed E-state index contributed by atoms with van der Waals surface area (Å²) in [5.74, 6) is 0.825. The van der Waals surface area contributed by atoms with Crippen molar-refractivity contribution < 1.29 is 0 Å². The fourth-order valence-corrected chi connectivity index (χ4v) is 1.56. The lowest BCUT2D eigenvalue weighted by atomic mass is 10.2. The molecule has 13 heavy (non-hydrogen) atoms. The van der Waals surface area contributed by atoms with E-state index in [1.807, 2.05) is 0 Å². The minimum atomic E-state index is 0.825. The molecular formula is C11H24ClN. The largest absolute Gasteiger partial charge is 0.306 e. The number of hydrogen-bond acceptors (Lipinski definition) is 1. The number of rotatable bonds is 9. The van der Waals surface area contributed by atoms with Gasteiger partial charge in [0.25, 0.3) is 0 Å². The van der Waals surface area contributed by atoms with E-state index in [9.17, 15) is 0 Å². The molecule has 0 aliphatic carbocycles. The van der Waals surface area contributed by atoms with E-state index >= 15 is 0 Å². The Morgan fingerprint density at radius 3 is 2.15 bits per heavy atom. The van der Waals surface area contributed by atoms with Crippen LogP contribution in [0, 0.1) is 0 Å². The molecule has 2 heteroatoms. The third-order valence-corrected chi connectivity index (χ3v) is 2.58. The van der Waals surface area contributed by atoms with Crippen molar-refractivity contribution in [2.24, 2.45) is 0 Å². The second-order valence-electron chi connectivity index (χ2n) is 3.76. The molecule has 0 unspecified atom stereocenters. The van der Waals surface area contributed by atoms with E-state index in [4.69, 9.17) is 11.6 Å². The van der Waals surface area contributed by atoms with Gasteiger partial charge in [-0.05, 0) is 39.4 Å². The zero-order chi connectivity index (χ0) is 9.94. The van der Waals surface area contributed by atoms with E-state index in [2.05, 4.69) is 18.9 Å². The first-order valence-corrected chi connectivity index (χ1v) is 6.09. The summed E-state index contributed by atoms with van der Waals surface area (Å²) < 4.78 is 0. The highest BCUT2D eigenvalue weighted by atomic mass is 35.5. The zero-order valence-corrected chi connectivity index (χ0v) is 9.95. The Balaban J connectivity index is 3.03. The molecule has 0 bridgehead atoms. The molecule has 0 heterocycles. The summed E-state index contributed by atoms with van der Waals surface area (Å²) in [6.07, 6.45) is 7.78. The third kappa shape index (κ3) is 10.2. The Labute approximate surface area is 88.5 Å². The van der Waals surface area contributed by atoms with Crippen molar-refractivity contribution in [3.63, 3.8) is 0 Å². The summed E-state index contributed by atoms with van der Waals surface area (Å²) in [4.78, 5) is 2.43. The average molecular weight is 206 g/mol. The molecule has 0 atom stereocenters. The summed E-state index contributed by atoms with van der Waals surface area (Å²) in [5, 5.41) is 0. The standard InChI is InChI=1S/C11H24ClN/c1-3-4-10-13(2)11-8-6-5-7-9-12/h3-11H2,1-2H3. The minimum absolute atomic E-state index is 0.825. The van der Waals surface area contributed by atoms with Gasteiger partial charge in [0.2, 0.25) is 0 Å². The molecule has 0 rings (SSSR count). The third-order valence-electron chi connectivity index (χ3n) is 2.32. The highest BCUT2D eigenvalue weighted by molar-refractivity contribution is 6.17. The van der Waals surface area contributed by atoms with Gasteiger partial charge in [-0.25, -0.2) is 0 Å². The Morgan fingerprint density at radius 1 is 0.923 bits per heavy atom. The van der Waals surface area contributed by atoms with E-state index in [0.717, 1.165) is 5.88 Å². The van der Waals surface area contributed by atoms with E-state index in [1.54, 1.807) is 0 Å². The first-order valence-electron chi connectivity index (χ1n) is 5.55. The summed E-state index contributed by atoms with van der Waals surface area (Å²) in [5.41, 5.74) is 0. The molecule has 0 radical (unpaired) electrons. The zero-order valence-electron chi connectivity index (χ0n) is 9.19. The van der Waals surface area contributed by atoms with Crippen molar-refractivity contribution in [1.82, 2.24) is 4.90 Å². The van der Waals surface area contributed by atoms with Crippen LogP contribution in [0.1, 0.15) is 45.4 Å². The maximum atomic E-state index is 5.60. The molecule has 0 saturated heterocycles. The molecule has 0 N–H and O–H groups in total. The van der Waals surface area contributed by atoms with Crippen molar-refractivity contribution >= 4 is 11.6 Å². The quantitative estimate of drug-likeness (QED) is 0.411. The molecule has 0 aliphatic rings. The fraction of sp³-hybridized carbons (Fsp3) is 1.00. The van der Waals surface area contributed by atoms with Gasteiger partial charge < -0.3 is 4.90 Å². The van der Waals surface area contributed by atoms with Gasteiger partial charge in [0.15, 0.2) is 0 Å². The SMILES string of the molecule is CCCCN(C)CCCCCCCl. The van der Waals surface area contributed by atoms with Crippen molar-refractivity contribution in [2.45, 2.75) is 45.4 Å². The molecule has 0 saturated carbocycles. The normalized spacial score (nSPS) is 11.1. The van der Waals surface area contributed by atoms with Gasteiger partial charge in [0.1, 0.15) is 0 Å². The molecule has 0 aromatic heterocycles. The van der Waals surface area contributed by atoms with Gasteiger partial charge in [0.05, 0.1) is 0 Å². The molecule has 1 nitrogen and oxygen atoms in total. The molecule has 0 amide bonds. The second-order valence-corrected chi connectivity index (χ2v) is 4.14. The summed E-state index contributed by atoms with van der Waals surface area (Å²) in [6.45, 7) is 4.75. The van der Waals surface area contributed by atoms with Crippen LogP contribution in [0.15, 0.2) is 0 Å². The first-order chi connectivity index (χ1) is 6.31. The van der Waals surface area contributed by atoms with Crippen molar-refractivity contribution in [3.8, 4) is 0 Å². The van der Waals surface area contributed by atoms with Crippen LogP contribution >= 0.6 is 11.6 Å². The molecule has 0 aromatic carbocycles. The Kier molecular flexibility index (Phi) is 10.5. The molecule has 80 valence electrons. The molecule has 0 spiro atoms. The maximum Gasteiger partial charge on any atom is 0.0223 e. The van der Waals surface area contributed by atoms with Crippen molar-refractivity contribution in [2.75, 3.05) is 26.0 Å². The molecule has 0 aliphatic heterocycles. The predicted molar refractivity (Wildman–Crippen MR) is 61.6 cm³/mol. The lowest BCUT2D eigenvalue weighted by Gasteiger charge is -2.15. The second kappa shape index (κ2) is 10.3. The molecule has 0 aromatic rings. The monoisotopic (exact) mass is 205 g/mol. The van der Waals surface area contributed by atoms with Crippen LogP contribution in [0.2, 0.25) is 0 Å². The van der Waals surface area contributed by atoms with Gasteiger partial charge in [-0.2, -0.15) is 0 Å². The van der Waals surface area contributed by atoms with Crippen LogP contribution in [0.3, 0.4) is 0 Å². The van der Waals surface area contributed by atoms with E-state index < -0.39 is 0 Å². The lowest BCUT2D eigenvalue weighted by molar-refractivity contribution is 0.319. The Hall–Kier alpha value is 0.250. The molecule has 0 fully saturated rings. The van der Waals surface area contributed by atoms with Crippen molar-refractivity contribution in [1.29, 1.82) is 0 Å².